The molecule has 1 aliphatic heterocycles. The number of phenolic OH excluding ortho intramolecular Hbond substituents is 1. The first-order valence-corrected chi connectivity index (χ1v) is 11.0. The van der Waals surface area contributed by atoms with Crippen LogP contribution in [0.5, 0.6) is 17.2 Å². The zero-order valence-corrected chi connectivity index (χ0v) is 19.0. The van der Waals surface area contributed by atoms with Gasteiger partial charge in [0.05, 0.1) is 19.8 Å². The van der Waals surface area contributed by atoms with E-state index < -0.39 is 0 Å². The monoisotopic (exact) mass is 480 g/mol. The van der Waals surface area contributed by atoms with Crippen LogP contribution in [0.25, 0.3) is 5.70 Å². The van der Waals surface area contributed by atoms with Gasteiger partial charge in [0.25, 0.3) is 0 Å². The van der Waals surface area contributed by atoms with Crippen molar-refractivity contribution in [3.63, 3.8) is 0 Å². The predicted molar refractivity (Wildman–Crippen MR) is 126 cm³/mol. The molecule has 4 rings (SSSR count). The summed E-state index contributed by atoms with van der Waals surface area (Å²) in [5, 5.41) is 18.0. The molecule has 0 amide bonds. The first-order chi connectivity index (χ1) is 15.1. The van der Waals surface area contributed by atoms with E-state index in [4.69, 9.17) is 9.47 Å². The maximum atomic E-state index is 10.9. The number of hydrogen-bond acceptors (Lipinski definition) is 5. The standard InChI is InChI=1S/C25H25BrN2O3/c1-3-31-23-6-4-5-20(24(23)29)22-15-21(16-9-13-19(30-2)14-10-16)27-25(28-22)17-7-11-18(26)12-8-17/h4-15,22,25,27-29H,3H2,1-2H3. The van der Waals surface area contributed by atoms with Crippen molar-refractivity contribution < 1.29 is 14.6 Å². The lowest BCUT2D eigenvalue weighted by Crippen LogP contribution is -2.39. The lowest BCUT2D eigenvalue weighted by atomic mass is 9.97. The van der Waals surface area contributed by atoms with Crippen molar-refractivity contribution in [1.29, 1.82) is 0 Å². The van der Waals surface area contributed by atoms with Crippen LogP contribution in [0.4, 0.5) is 0 Å². The number of para-hydroxylation sites is 1. The smallest absolute Gasteiger partial charge is 0.162 e. The van der Waals surface area contributed by atoms with Crippen LogP contribution in [0.1, 0.15) is 35.8 Å². The number of methoxy groups -OCH3 is 1. The minimum atomic E-state index is -0.215. The van der Waals surface area contributed by atoms with Gasteiger partial charge in [-0.05, 0) is 66.6 Å². The molecule has 3 aromatic rings. The highest BCUT2D eigenvalue weighted by Gasteiger charge is 2.26. The van der Waals surface area contributed by atoms with Gasteiger partial charge in [0.15, 0.2) is 11.5 Å². The molecule has 0 aliphatic carbocycles. The van der Waals surface area contributed by atoms with Crippen LogP contribution >= 0.6 is 15.9 Å². The van der Waals surface area contributed by atoms with E-state index in [2.05, 4.69) is 44.8 Å². The van der Waals surface area contributed by atoms with Crippen molar-refractivity contribution in [3.8, 4) is 17.2 Å². The Labute approximate surface area is 190 Å². The molecule has 3 N–H and O–H groups in total. The van der Waals surface area contributed by atoms with Gasteiger partial charge in [-0.15, -0.1) is 0 Å². The van der Waals surface area contributed by atoms with Crippen LogP contribution < -0.4 is 20.1 Å². The van der Waals surface area contributed by atoms with E-state index in [1.54, 1.807) is 13.2 Å². The Bertz CT molecular complexity index is 1070. The van der Waals surface area contributed by atoms with Gasteiger partial charge in [-0.1, -0.05) is 40.2 Å². The third-order valence-electron chi connectivity index (χ3n) is 5.25. The highest BCUT2D eigenvalue weighted by atomic mass is 79.9. The Hall–Kier alpha value is -2.96. The molecule has 31 heavy (non-hydrogen) atoms. The molecule has 0 aromatic heterocycles. The van der Waals surface area contributed by atoms with E-state index in [0.29, 0.717) is 12.4 Å². The Balaban J connectivity index is 1.75. The van der Waals surface area contributed by atoms with Gasteiger partial charge < -0.3 is 19.9 Å². The van der Waals surface area contributed by atoms with Crippen molar-refractivity contribution in [1.82, 2.24) is 10.6 Å². The average Bonchev–Trinajstić information content (AvgIpc) is 2.81. The van der Waals surface area contributed by atoms with E-state index in [0.717, 1.165) is 32.6 Å². The number of hydrogen-bond donors (Lipinski definition) is 3. The second-order valence-electron chi connectivity index (χ2n) is 7.21. The van der Waals surface area contributed by atoms with Crippen LogP contribution in [0, 0.1) is 0 Å². The summed E-state index contributed by atoms with van der Waals surface area (Å²) >= 11 is 3.50. The number of halogens is 1. The van der Waals surface area contributed by atoms with Gasteiger partial charge in [-0.2, -0.15) is 0 Å². The molecule has 5 nitrogen and oxygen atoms in total. The van der Waals surface area contributed by atoms with Crippen LogP contribution in [-0.2, 0) is 0 Å². The van der Waals surface area contributed by atoms with Gasteiger partial charge in [-0.25, -0.2) is 0 Å². The maximum absolute atomic E-state index is 10.9. The Morgan fingerprint density at radius 1 is 1.00 bits per heavy atom. The van der Waals surface area contributed by atoms with Crippen molar-refractivity contribution in [2.24, 2.45) is 0 Å². The second kappa shape index (κ2) is 9.45. The summed E-state index contributed by atoms with van der Waals surface area (Å²) in [6, 6.07) is 21.5. The fourth-order valence-corrected chi connectivity index (χ4v) is 3.93. The largest absolute Gasteiger partial charge is 0.504 e. The first kappa shape index (κ1) is 21.3. The normalized spacial score (nSPS) is 18.1. The molecule has 0 fully saturated rings. The fraction of sp³-hybridized carbons (Fsp3) is 0.200. The molecule has 160 valence electrons. The average molecular weight is 481 g/mol. The third-order valence-corrected chi connectivity index (χ3v) is 5.78. The third kappa shape index (κ3) is 4.70. The molecular formula is C25H25BrN2O3. The molecule has 0 radical (unpaired) electrons. The number of benzene rings is 3. The molecule has 0 saturated carbocycles. The highest BCUT2D eigenvalue weighted by Crippen LogP contribution is 2.38. The van der Waals surface area contributed by atoms with E-state index in [-0.39, 0.29) is 18.0 Å². The van der Waals surface area contributed by atoms with Crippen molar-refractivity contribution in [2.75, 3.05) is 13.7 Å². The summed E-state index contributed by atoms with van der Waals surface area (Å²) in [6.07, 6.45) is 1.94. The van der Waals surface area contributed by atoms with E-state index in [9.17, 15) is 5.11 Å². The zero-order valence-electron chi connectivity index (χ0n) is 17.4. The lowest BCUT2D eigenvalue weighted by Gasteiger charge is -2.33. The SMILES string of the molecule is CCOc1cccc(C2C=C(c3ccc(OC)cc3)NC(c3ccc(Br)cc3)N2)c1O. The van der Waals surface area contributed by atoms with Gasteiger partial charge >= 0.3 is 0 Å². The molecule has 6 heteroatoms. The summed E-state index contributed by atoms with van der Waals surface area (Å²) in [7, 11) is 1.66. The molecule has 1 aliphatic rings. The van der Waals surface area contributed by atoms with Crippen molar-refractivity contribution in [2.45, 2.75) is 19.1 Å². The lowest BCUT2D eigenvalue weighted by molar-refractivity contribution is 0.314. The minimum Gasteiger partial charge on any atom is -0.504 e. The quantitative estimate of drug-likeness (QED) is 0.432. The molecule has 1 heterocycles. The van der Waals surface area contributed by atoms with E-state index in [1.807, 2.05) is 55.5 Å². The van der Waals surface area contributed by atoms with Crippen LogP contribution in [0.2, 0.25) is 0 Å². The van der Waals surface area contributed by atoms with E-state index >= 15 is 0 Å². The molecule has 0 bridgehead atoms. The van der Waals surface area contributed by atoms with Crippen molar-refractivity contribution >= 4 is 21.6 Å². The molecular weight excluding hydrogens is 456 g/mol. The molecule has 3 aromatic carbocycles. The van der Waals surface area contributed by atoms with Gasteiger partial charge in [0.1, 0.15) is 11.9 Å². The first-order valence-electron chi connectivity index (χ1n) is 10.2. The number of rotatable bonds is 6. The molecule has 2 atom stereocenters. The summed E-state index contributed by atoms with van der Waals surface area (Å²) in [5.74, 6) is 1.45. The van der Waals surface area contributed by atoms with Gasteiger partial charge in [0.2, 0.25) is 0 Å². The number of phenols is 1. The minimum absolute atomic E-state index is 0.143. The number of ether oxygens (including phenoxy) is 2. The Morgan fingerprint density at radius 3 is 2.42 bits per heavy atom. The predicted octanol–water partition coefficient (Wildman–Crippen LogP) is 5.54. The van der Waals surface area contributed by atoms with Crippen LogP contribution in [0.15, 0.2) is 77.3 Å². The van der Waals surface area contributed by atoms with E-state index in [1.165, 1.54) is 0 Å². The van der Waals surface area contributed by atoms with Crippen LogP contribution in [-0.4, -0.2) is 18.8 Å². The molecule has 0 saturated heterocycles. The second-order valence-corrected chi connectivity index (χ2v) is 8.12. The summed E-state index contributed by atoms with van der Waals surface area (Å²) in [5.41, 5.74) is 3.86. The zero-order chi connectivity index (χ0) is 21.8. The van der Waals surface area contributed by atoms with Crippen LogP contribution in [0.3, 0.4) is 0 Å². The molecule has 2 unspecified atom stereocenters. The highest BCUT2D eigenvalue weighted by molar-refractivity contribution is 9.10. The Morgan fingerprint density at radius 2 is 1.74 bits per heavy atom. The molecule has 0 spiro atoms. The van der Waals surface area contributed by atoms with Gasteiger partial charge in [-0.3, -0.25) is 5.32 Å². The topological polar surface area (TPSA) is 62.8 Å². The summed E-state index contributed by atoms with van der Waals surface area (Å²) in [6.45, 7) is 2.39. The number of aromatic hydroxyl groups is 1. The maximum Gasteiger partial charge on any atom is 0.162 e. The summed E-state index contributed by atoms with van der Waals surface area (Å²) in [4.78, 5) is 0. The Kier molecular flexibility index (Phi) is 6.49. The fourth-order valence-electron chi connectivity index (χ4n) is 3.67. The summed E-state index contributed by atoms with van der Waals surface area (Å²) < 4.78 is 11.9. The number of nitrogens with one attached hydrogen (secondary N) is 2. The van der Waals surface area contributed by atoms with Crippen molar-refractivity contribution in [3.05, 3.63) is 94.0 Å². The van der Waals surface area contributed by atoms with Gasteiger partial charge in [0, 0.05) is 15.7 Å².